The van der Waals surface area contributed by atoms with Crippen LogP contribution in [0.25, 0.3) is 0 Å². The van der Waals surface area contributed by atoms with Crippen LogP contribution in [0.1, 0.15) is 98.6 Å². The Morgan fingerprint density at radius 2 is 1.52 bits per heavy atom. The van der Waals surface area contributed by atoms with Gasteiger partial charge in [0.05, 0.1) is 12.1 Å². The molecule has 1 saturated heterocycles. The number of ketones is 1. The number of rotatable bonds is 13. The van der Waals surface area contributed by atoms with Gasteiger partial charge in [-0.3, -0.25) is 19.2 Å². The number of ether oxygens (including phenoxy) is 1. The minimum Gasteiger partial charge on any atom is -0.447 e. The van der Waals surface area contributed by atoms with Crippen molar-refractivity contribution >= 4 is 35.6 Å². The van der Waals surface area contributed by atoms with Crippen molar-refractivity contribution in [2.75, 3.05) is 13.2 Å². The normalized spacial score (nSPS) is 21.0. The Morgan fingerprint density at radius 3 is 2.02 bits per heavy atom. The summed E-state index contributed by atoms with van der Waals surface area (Å²) >= 11 is 0. The SMILES string of the molecule is CC(C)[C@H]1CCN(C(=O)[C@@H](NC(=O)NC(COC(=O)NC(C)(C)C)C(C)(C)C)C2Cc3ccccc3C2)C1C(=O)NC(CC1CCC1)C(=O)C(N)=O. The zero-order valence-corrected chi connectivity index (χ0v) is 32.2. The van der Waals surface area contributed by atoms with E-state index in [2.05, 4.69) is 21.3 Å². The van der Waals surface area contributed by atoms with Crippen LogP contribution in [0, 0.1) is 29.1 Å². The summed E-state index contributed by atoms with van der Waals surface area (Å²) < 4.78 is 5.49. The number of urea groups is 1. The largest absolute Gasteiger partial charge is 0.447 e. The average molecular weight is 725 g/mol. The first kappa shape index (κ1) is 40.6. The first-order chi connectivity index (χ1) is 24.2. The fourth-order valence-corrected chi connectivity index (χ4v) is 7.56. The first-order valence-corrected chi connectivity index (χ1v) is 18.8. The molecule has 2 aliphatic carbocycles. The van der Waals surface area contributed by atoms with Gasteiger partial charge in [0.1, 0.15) is 18.7 Å². The van der Waals surface area contributed by atoms with Gasteiger partial charge in [-0.2, -0.15) is 0 Å². The predicted molar refractivity (Wildman–Crippen MR) is 197 cm³/mol. The molecule has 0 aromatic heterocycles. The summed E-state index contributed by atoms with van der Waals surface area (Å²) in [6.45, 7) is 15.4. The van der Waals surface area contributed by atoms with Gasteiger partial charge in [-0.25, -0.2) is 9.59 Å². The van der Waals surface area contributed by atoms with E-state index < -0.39 is 64.8 Å². The maximum atomic E-state index is 14.8. The van der Waals surface area contributed by atoms with Gasteiger partial charge in [0, 0.05) is 12.1 Å². The van der Waals surface area contributed by atoms with E-state index in [1.54, 1.807) is 4.90 Å². The van der Waals surface area contributed by atoms with Crippen LogP contribution in [0.4, 0.5) is 9.59 Å². The molecule has 3 unspecified atom stereocenters. The van der Waals surface area contributed by atoms with Crippen LogP contribution in [0.15, 0.2) is 24.3 Å². The molecule has 0 spiro atoms. The maximum Gasteiger partial charge on any atom is 0.407 e. The van der Waals surface area contributed by atoms with Gasteiger partial charge in [-0.05, 0) is 86.7 Å². The van der Waals surface area contributed by atoms with Crippen molar-refractivity contribution in [2.45, 2.75) is 130 Å². The molecular formula is C39H60N6O7. The van der Waals surface area contributed by atoms with Gasteiger partial charge < -0.3 is 36.6 Å². The molecule has 1 aliphatic heterocycles. The van der Waals surface area contributed by atoms with Crippen molar-refractivity contribution in [2.24, 2.45) is 34.8 Å². The van der Waals surface area contributed by atoms with Crippen LogP contribution < -0.4 is 27.0 Å². The third-order valence-electron chi connectivity index (χ3n) is 10.8. The van der Waals surface area contributed by atoms with Crippen LogP contribution in [-0.4, -0.2) is 83.4 Å². The summed E-state index contributed by atoms with van der Waals surface area (Å²) in [5.41, 5.74) is 6.56. The Kier molecular flexibility index (Phi) is 13.0. The fraction of sp³-hybridized carbons (Fsp3) is 0.692. The minimum atomic E-state index is -1.10. The third kappa shape index (κ3) is 10.5. The number of alkyl carbamates (subject to hydrolysis) is 1. The lowest BCUT2D eigenvalue weighted by Crippen LogP contribution is -2.61. The monoisotopic (exact) mass is 724 g/mol. The molecule has 52 heavy (non-hydrogen) atoms. The number of likely N-dealkylation sites (tertiary alicyclic amines) is 1. The number of nitrogens with one attached hydrogen (secondary N) is 4. The van der Waals surface area contributed by atoms with Crippen LogP contribution in [0.2, 0.25) is 0 Å². The van der Waals surface area contributed by atoms with Crippen LogP contribution in [-0.2, 0) is 36.8 Å². The Labute approximate surface area is 308 Å². The lowest BCUT2D eigenvalue weighted by Gasteiger charge is -2.36. The molecule has 6 N–H and O–H groups in total. The lowest BCUT2D eigenvalue weighted by atomic mass is 9.80. The smallest absolute Gasteiger partial charge is 0.407 e. The molecule has 2 fully saturated rings. The van der Waals surface area contributed by atoms with Crippen molar-refractivity contribution < 1.29 is 33.5 Å². The molecule has 3 aliphatic rings. The zero-order valence-electron chi connectivity index (χ0n) is 32.2. The van der Waals surface area contributed by atoms with Gasteiger partial charge in [0.2, 0.25) is 17.6 Å². The van der Waals surface area contributed by atoms with E-state index >= 15 is 0 Å². The summed E-state index contributed by atoms with van der Waals surface area (Å²) in [4.78, 5) is 81.6. The highest BCUT2D eigenvalue weighted by atomic mass is 16.5. The van der Waals surface area contributed by atoms with E-state index in [1.807, 2.05) is 79.7 Å². The Balaban J connectivity index is 1.58. The van der Waals surface area contributed by atoms with Gasteiger partial charge >= 0.3 is 12.1 Å². The molecule has 0 radical (unpaired) electrons. The summed E-state index contributed by atoms with van der Waals surface area (Å²) in [5.74, 6) is -3.10. The van der Waals surface area contributed by atoms with E-state index in [1.165, 1.54) is 0 Å². The predicted octanol–water partition coefficient (Wildman–Crippen LogP) is 3.61. The molecular weight excluding hydrogens is 664 g/mol. The highest BCUT2D eigenvalue weighted by Crippen LogP contribution is 2.35. The van der Waals surface area contributed by atoms with Crippen molar-refractivity contribution in [1.82, 2.24) is 26.2 Å². The molecule has 1 aromatic rings. The Hall–Kier alpha value is -4.16. The second kappa shape index (κ2) is 16.7. The number of Topliss-reactive ketones (excluding diaryl/α,β-unsaturated/α-hetero) is 1. The van der Waals surface area contributed by atoms with E-state index in [0.29, 0.717) is 25.7 Å². The molecule has 5 atom stereocenters. The van der Waals surface area contributed by atoms with Crippen LogP contribution in [0.3, 0.4) is 0 Å². The summed E-state index contributed by atoms with van der Waals surface area (Å²) in [6, 6.07) is 3.78. The van der Waals surface area contributed by atoms with E-state index in [4.69, 9.17) is 10.5 Å². The van der Waals surface area contributed by atoms with Gasteiger partial charge in [-0.1, -0.05) is 78.1 Å². The Morgan fingerprint density at radius 1 is 0.904 bits per heavy atom. The number of nitrogens with two attached hydrogens (primary N) is 1. The number of fused-ring (bicyclic) bond motifs is 1. The van der Waals surface area contributed by atoms with Crippen molar-refractivity contribution in [3.8, 4) is 0 Å². The topological polar surface area (TPSA) is 189 Å². The van der Waals surface area contributed by atoms with Crippen molar-refractivity contribution in [3.63, 3.8) is 0 Å². The van der Waals surface area contributed by atoms with Crippen molar-refractivity contribution in [1.29, 1.82) is 0 Å². The molecule has 1 heterocycles. The molecule has 6 amide bonds. The average Bonchev–Trinajstić information content (AvgIpc) is 3.66. The molecule has 1 aromatic carbocycles. The van der Waals surface area contributed by atoms with Gasteiger partial charge in [0.25, 0.3) is 5.91 Å². The number of carbonyl (C=O) groups is 6. The summed E-state index contributed by atoms with van der Waals surface area (Å²) in [5, 5.41) is 11.5. The fourth-order valence-electron chi connectivity index (χ4n) is 7.56. The van der Waals surface area contributed by atoms with E-state index in [0.717, 1.165) is 30.4 Å². The number of benzene rings is 1. The molecule has 13 heteroatoms. The highest BCUT2D eigenvalue weighted by molar-refractivity contribution is 6.37. The Bertz CT molecular complexity index is 1470. The quantitative estimate of drug-likeness (QED) is 0.192. The number of carbonyl (C=O) groups excluding carboxylic acids is 6. The van der Waals surface area contributed by atoms with Gasteiger partial charge in [0.15, 0.2) is 0 Å². The molecule has 288 valence electrons. The maximum absolute atomic E-state index is 14.8. The molecule has 13 nitrogen and oxygen atoms in total. The number of primary amides is 1. The molecule has 1 saturated carbocycles. The van der Waals surface area contributed by atoms with Gasteiger partial charge in [-0.15, -0.1) is 0 Å². The third-order valence-corrected chi connectivity index (χ3v) is 10.8. The summed E-state index contributed by atoms with van der Waals surface area (Å²) in [6.07, 6.45) is 4.23. The second-order valence-corrected chi connectivity index (χ2v) is 17.4. The summed E-state index contributed by atoms with van der Waals surface area (Å²) in [7, 11) is 0. The molecule has 0 bridgehead atoms. The second-order valence-electron chi connectivity index (χ2n) is 17.4. The lowest BCUT2D eigenvalue weighted by molar-refractivity contribution is -0.144. The number of nitrogens with zero attached hydrogens (tertiary/aromatic N) is 1. The molecule has 4 rings (SSSR count). The van der Waals surface area contributed by atoms with Crippen LogP contribution >= 0.6 is 0 Å². The van der Waals surface area contributed by atoms with Crippen LogP contribution in [0.5, 0.6) is 0 Å². The van der Waals surface area contributed by atoms with E-state index in [9.17, 15) is 28.8 Å². The minimum absolute atomic E-state index is 0.0268. The zero-order chi connectivity index (χ0) is 38.5. The van der Waals surface area contributed by atoms with Crippen molar-refractivity contribution in [3.05, 3.63) is 35.4 Å². The number of hydrogen-bond acceptors (Lipinski definition) is 7. The standard InChI is InChI=1S/C39H60N6O7/c1-22(2)27-16-17-45(31(27)34(48)41-28(32(46)33(40)47)18-23-12-11-13-23)35(49)30(26-19-24-14-9-10-15-25(24)20-26)43-36(50)42-29(38(3,4)5)21-52-37(51)44-39(6,7)8/h9-10,14-15,22-23,26-31H,11-13,16-21H2,1-8H3,(H2,40,47)(H,41,48)(H,44,51)(H2,42,43,50)/t27-,28?,29?,30+,31?/m1/s1. The van der Waals surface area contributed by atoms with E-state index in [-0.39, 0.29) is 42.7 Å². The number of hydrogen-bond donors (Lipinski definition) is 5. The highest BCUT2D eigenvalue weighted by Gasteiger charge is 2.48. The number of amides is 6. The first-order valence-electron chi connectivity index (χ1n) is 18.8.